The fraction of sp³-hybridized carbons (Fsp3) is 0. The Bertz CT molecular complexity index is 158. The Hall–Kier alpha value is -0.301. The van der Waals surface area contributed by atoms with Gasteiger partial charge in [-0.3, -0.25) is 0 Å². The van der Waals surface area contributed by atoms with Gasteiger partial charge in [0.1, 0.15) is 0 Å². The van der Waals surface area contributed by atoms with Crippen molar-refractivity contribution < 1.29 is 4.19 Å². The van der Waals surface area contributed by atoms with E-state index in [1.54, 1.807) is 6.08 Å². The first-order valence-corrected chi connectivity index (χ1v) is 5.33. The summed E-state index contributed by atoms with van der Waals surface area (Å²) in [5.41, 5.74) is 1.06. The minimum atomic E-state index is -1.60. The summed E-state index contributed by atoms with van der Waals surface area (Å²) in [5, 5.41) is 0. The van der Waals surface area contributed by atoms with Crippen molar-refractivity contribution in [1.82, 2.24) is 0 Å². The normalized spacial score (nSPS) is 30.1. The van der Waals surface area contributed by atoms with Gasteiger partial charge in [0.25, 0.3) is 0 Å². The molecular formula is C6H8OSe. The first-order chi connectivity index (χ1) is 3.83. The third-order valence-corrected chi connectivity index (χ3v) is 3.07. The van der Waals surface area contributed by atoms with Crippen molar-refractivity contribution in [2.75, 3.05) is 0 Å². The predicted octanol–water partition coefficient (Wildman–Crippen LogP) is 0.463. The van der Waals surface area contributed by atoms with Crippen molar-refractivity contribution in [3.05, 3.63) is 34.3 Å². The summed E-state index contributed by atoms with van der Waals surface area (Å²) in [7, 11) is 0. The fourth-order valence-electron chi connectivity index (χ4n) is 0.522. The minimum absolute atomic E-state index is 1.06. The standard InChI is InChI=1S/C6H8OSe/c1-2-6-3-4-8(7)5-6/h2-5,7-8H,1H2. The Labute approximate surface area is 53.2 Å². The molecule has 1 nitrogen and oxygen atoms in total. The van der Waals surface area contributed by atoms with Gasteiger partial charge in [-0.2, -0.15) is 0 Å². The molecule has 1 rings (SSSR count). The number of rotatable bonds is 1. The van der Waals surface area contributed by atoms with Gasteiger partial charge in [0.05, 0.1) is 0 Å². The molecule has 0 radical (unpaired) electrons. The van der Waals surface area contributed by atoms with E-state index in [1.165, 1.54) is 0 Å². The third kappa shape index (κ3) is 1.10. The summed E-state index contributed by atoms with van der Waals surface area (Å²) in [6.45, 7) is 3.57. The molecule has 0 saturated heterocycles. The molecular weight excluding hydrogens is 167 g/mol. The number of hydrogen-bond donors (Lipinski definition) is 1. The summed E-state index contributed by atoms with van der Waals surface area (Å²) >= 11 is -1.60. The van der Waals surface area contributed by atoms with Crippen molar-refractivity contribution in [1.29, 1.82) is 0 Å². The van der Waals surface area contributed by atoms with E-state index in [-0.39, 0.29) is 0 Å². The van der Waals surface area contributed by atoms with Crippen LogP contribution in [-0.2, 0) is 0 Å². The topological polar surface area (TPSA) is 20.2 Å². The summed E-state index contributed by atoms with van der Waals surface area (Å²) in [4.78, 5) is 3.75. The molecule has 0 aromatic rings. The van der Waals surface area contributed by atoms with Crippen LogP contribution in [0.15, 0.2) is 34.3 Å². The molecule has 1 heterocycles. The zero-order valence-electron chi connectivity index (χ0n) is 4.41. The average molecular weight is 175 g/mol. The van der Waals surface area contributed by atoms with E-state index in [0.29, 0.717) is 0 Å². The average Bonchev–Trinajstić information content (AvgIpc) is 2.14. The van der Waals surface area contributed by atoms with Crippen LogP contribution in [0.1, 0.15) is 0 Å². The van der Waals surface area contributed by atoms with E-state index in [1.807, 2.05) is 16.0 Å². The van der Waals surface area contributed by atoms with Crippen LogP contribution in [0.4, 0.5) is 0 Å². The van der Waals surface area contributed by atoms with Gasteiger partial charge in [-0.1, -0.05) is 0 Å². The molecule has 0 spiro atoms. The van der Waals surface area contributed by atoms with Crippen LogP contribution in [0.2, 0.25) is 0 Å². The molecule has 1 unspecified atom stereocenters. The van der Waals surface area contributed by atoms with Crippen molar-refractivity contribution in [3.8, 4) is 0 Å². The van der Waals surface area contributed by atoms with Crippen LogP contribution in [0.25, 0.3) is 0 Å². The monoisotopic (exact) mass is 176 g/mol. The molecule has 0 aromatic heterocycles. The second-order valence-corrected chi connectivity index (χ2v) is 4.29. The van der Waals surface area contributed by atoms with Gasteiger partial charge in [-0.25, -0.2) is 0 Å². The molecule has 1 atom stereocenters. The Morgan fingerprint density at radius 1 is 1.75 bits per heavy atom. The summed E-state index contributed by atoms with van der Waals surface area (Å²) < 4.78 is 8.97. The van der Waals surface area contributed by atoms with Crippen LogP contribution < -0.4 is 0 Å². The molecule has 8 heavy (non-hydrogen) atoms. The van der Waals surface area contributed by atoms with Crippen molar-refractivity contribution in [2.24, 2.45) is 0 Å². The molecule has 0 fully saturated rings. The van der Waals surface area contributed by atoms with Gasteiger partial charge >= 0.3 is 52.7 Å². The molecule has 0 bridgehead atoms. The summed E-state index contributed by atoms with van der Waals surface area (Å²) in [6, 6.07) is 0. The summed E-state index contributed by atoms with van der Waals surface area (Å²) in [6.07, 6.45) is 3.66. The van der Waals surface area contributed by atoms with Gasteiger partial charge in [-0.05, 0) is 0 Å². The van der Waals surface area contributed by atoms with Crippen LogP contribution in [0, 0.1) is 0 Å². The zero-order valence-corrected chi connectivity index (χ0v) is 6.29. The Balaban J connectivity index is 2.72. The molecule has 0 aromatic carbocycles. The molecule has 1 N–H and O–H groups in total. The van der Waals surface area contributed by atoms with Crippen molar-refractivity contribution in [2.45, 2.75) is 0 Å². The second-order valence-electron chi connectivity index (χ2n) is 1.53. The van der Waals surface area contributed by atoms with E-state index in [0.717, 1.165) is 5.57 Å². The van der Waals surface area contributed by atoms with Gasteiger partial charge in [0, 0.05) is 0 Å². The van der Waals surface area contributed by atoms with E-state index in [4.69, 9.17) is 4.19 Å². The first-order valence-electron chi connectivity index (χ1n) is 2.32. The number of hydrogen-bond acceptors (Lipinski definition) is 1. The zero-order chi connectivity index (χ0) is 5.98. The number of allylic oxidation sites excluding steroid dienone is 3. The molecule has 0 amide bonds. The van der Waals surface area contributed by atoms with Crippen molar-refractivity contribution >= 4 is 14.2 Å². The van der Waals surface area contributed by atoms with Crippen LogP contribution in [0.5, 0.6) is 0 Å². The Kier molecular flexibility index (Phi) is 1.69. The fourth-order valence-corrected chi connectivity index (χ4v) is 2.43. The Morgan fingerprint density at radius 3 is 2.75 bits per heavy atom. The SMILES string of the molecule is C=CC1=C[SeH](O)C=C1. The van der Waals surface area contributed by atoms with Crippen LogP contribution >= 0.6 is 0 Å². The Morgan fingerprint density at radius 2 is 2.50 bits per heavy atom. The molecule has 1 aliphatic heterocycles. The third-order valence-electron chi connectivity index (χ3n) is 0.937. The maximum absolute atomic E-state index is 8.97. The van der Waals surface area contributed by atoms with Gasteiger partial charge < -0.3 is 0 Å². The molecule has 0 saturated carbocycles. The van der Waals surface area contributed by atoms with E-state index in [9.17, 15) is 0 Å². The maximum atomic E-state index is 8.97. The van der Waals surface area contributed by atoms with E-state index < -0.39 is 14.2 Å². The van der Waals surface area contributed by atoms with Gasteiger partial charge in [0.2, 0.25) is 0 Å². The predicted molar refractivity (Wildman–Crippen MR) is 36.8 cm³/mol. The molecule has 2 heteroatoms. The molecule has 44 valence electrons. The van der Waals surface area contributed by atoms with Crippen molar-refractivity contribution in [3.63, 3.8) is 0 Å². The van der Waals surface area contributed by atoms with Crippen LogP contribution in [-0.4, -0.2) is 18.4 Å². The summed E-state index contributed by atoms with van der Waals surface area (Å²) in [5.74, 6) is 0. The van der Waals surface area contributed by atoms with Gasteiger partial charge in [-0.15, -0.1) is 0 Å². The van der Waals surface area contributed by atoms with E-state index >= 15 is 0 Å². The first kappa shape index (κ1) is 5.83. The molecule has 0 aliphatic carbocycles. The quantitative estimate of drug-likeness (QED) is 0.574. The van der Waals surface area contributed by atoms with Gasteiger partial charge in [0.15, 0.2) is 0 Å². The van der Waals surface area contributed by atoms with Crippen LogP contribution in [0.3, 0.4) is 0 Å². The molecule has 1 aliphatic rings. The van der Waals surface area contributed by atoms with E-state index in [2.05, 4.69) is 6.58 Å². The second kappa shape index (κ2) is 2.31.